The van der Waals surface area contributed by atoms with Crippen molar-refractivity contribution >= 4 is 28.2 Å². The first-order valence-corrected chi connectivity index (χ1v) is 11.9. The van der Waals surface area contributed by atoms with Crippen molar-refractivity contribution in [2.24, 2.45) is 0 Å². The molecule has 0 fully saturated rings. The topological polar surface area (TPSA) is 66.9 Å². The lowest BCUT2D eigenvalue weighted by molar-refractivity contribution is 0.102. The van der Waals surface area contributed by atoms with Gasteiger partial charge in [-0.3, -0.25) is 4.79 Å². The lowest BCUT2D eigenvalue weighted by Gasteiger charge is -2.21. The van der Waals surface area contributed by atoms with E-state index in [1.165, 1.54) is 10.4 Å². The largest absolute Gasteiger partial charge is 0.343 e. The Morgan fingerprint density at radius 2 is 1.61 bits per heavy atom. The summed E-state index contributed by atoms with van der Waals surface area (Å²) in [5, 5.41) is 7.52. The fourth-order valence-electron chi connectivity index (χ4n) is 3.73. The van der Waals surface area contributed by atoms with Crippen LogP contribution >= 0.6 is 11.3 Å². The number of hydrogen-bond acceptors (Lipinski definition) is 5. The molecule has 2 aromatic carbocycles. The highest BCUT2D eigenvalue weighted by Crippen LogP contribution is 2.38. The zero-order valence-electron chi connectivity index (χ0n) is 19.3. The first kappa shape index (κ1) is 22.7. The Hall–Kier alpha value is -3.51. The number of amides is 1. The second kappa shape index (κ2) is 9.96. The first-order valence-electron chi connectivity index (χ1n) is 11.1. The average molecular weight is 457 g/mol. The van der Waals surface area contributed by atoms with E-state index in [0.29, 0.717) is 11.5 Å². The summed E-state index contributed by atoms with van der Waals surface area (Å²) < 4.78 is 0. The summed E-state index contributed by atoms with van der Waals surface area (Å²) in [6.07, 6.45) is 0.888. The van der Waals surface area contributed by atoms with Gasteiger partial charge >= 0.3 is 0 Å². The van der Waals surface area contributed by atoms with Crippen LogP contribution in [0.1, 0.15) is 56.3 Å². The van der Waals surface area contributed by atoms with Gasteiger partial charge in [0.2, 0.25) is 5.95 Å². The number of nitrogens with one attached hydrogen (secondary N) is 2. The van der Waals surface area contributed by atoms with Gasteiger partial charge in [0.25, 0.3) is 5.91 Å². The highest BCUT2D eigenvalue weighted by atomic mass is 32.1. The Balaban J connectivity index is 1.76. The molecule has 0 aliphatic carbocycles. The zero-order chi connectivity index (χ0) is 23.4. The van der Waals surface area contributed by atoms with Crippen LogP contribution in [-0.2, 0) is 6.42 Å². The Labute approximate surface area is 198 Å². The Bertz CT molecular complexity index is 1230. The van der Waals surface area contributed by atoms with E-state index in [2.05, 4.69) is 64.8 Å². The van der Waals surface area contributed by atoms with Gasteiger partial charge in [-0.15, -0.1) is 11.3 Å². The van der Waals surface area contributed by atoms with Crippen molar-refractivity contribution in [2.45, 2.75) is 40.2 Å². The van der Waals surface area contributed by atoms with Gasteiger partial charge in [0, 0.05) is 27.4 Å². The van der Waals surface area contributed by atoms with Crippen molar-refractivity contribution in [1.29, 1.82) is 0 Å². The van der Waals surface area contributed by atoms with Gasteiger partial charge in [0.1, 0.15) is 5.00 Å². The van der Waals surface area contributed by atoms with Crippen LogP contribution in [0.2, 0.25) is 0 Å². The molecule has 2 N–H and O–H groups in total. The molecule has 0 saturated heterocycles. The van der Waals surface area contributed by atoms with Crippen LogP contribution in [0.15, 0.2) is 66.7 Å². The third-order valence-electron chi connectivity index (χ3n) is 5.40. The zero-order valence-corrected chi connectivity index (χ0v) is 20.2. The van der Waals surface area contributed by atoms with E-state index in [4.69, 9.17) is 0 Å². The van der Waals surface area contributed by atoms with E-state index in [0.717, 1.165) is 33.9 Å². The second-order valence-corrected chi connectivity index (χ2v) is 9.27. The summed E-state index contributed by atoms with van der Waals surface area (Å²) >= 11 is 1.61. The summed E-state index contributed by atoms with van der Waals surface area (Å²) in [5.74, 6) is 0.453. The number of nitrogens with zero attached hydrogens (tertiary/aromatic N) is 2. The molecule has 0 aliphatic heterocycles. The monoisotopic (exact) mass is 456 g/mol. The summed E-state index contributed by atoms with van der Waals surface area (Å²) in [6.45, 7) is 8.13. The average Bonchev–Trinajstić information content (AvgIpc) is 3.20. The quantitative estimate of drug-likeness (QED) is 0.334. The van der Waals surface area contributed by atoms with Crippen LogP contribution in [0.4, 0.5) is 10.9 Å². The fourth-order valence-corrected chi connectivity index (χ4v) is 4.76. The normalized spacial score (nSPS) is 11.8. The lowest BCUT2D eigenvalue weighted by atomic mass is 9.99. The van der Waals surface area contributed by atoms with Crippen LogP contribution in [-0.4, -0.2) is 15.9 Å². The molecule has 2 heterocycles. The SMILES string of the molecule is CCc1cc(C(Nc2nc(C)cc(C)n2)c2ccc(C)cc2)c(NC(=O)c2ccccc2)s1. The molecule has 6 heteroatoms. The maximum absolute atomic E-state index is 13.0. The summed E-state index contributed by atoms with van der Waals surface area (Å²) in [7, 11) is 0. The highest BCUT2D eigenvalue weighted by Gasteiger charge is 2.23. The molecular weight excluding hydrogens is 428 g/mol. The van der Waals surface area contributed by atoms with Crippen LogP contribution < -0.4 is 10.6 Å². The molecule has 1 atom stereocenters. The molecule has 1 amide bonds. The van der Waals surface area contributed by atoms with E-state index in [-0.39, 0.29) is 11.9 Å². The first-order chi connectivity index (χ1) is 15.9. The number of thiophene rings is 1. The third-order valence-corrected chi connectivity index (χ3v) is 6.61. The minimum absolute atomic E-state index is 0.119. The van der Waals surface area contributed by atoms with E-state index in [1.54, 1.807) is 11.3 Å². The standard InChI is InChI=1S/C27H28N4OS/c1-5-22-16-23(26(33-22)31-25(32)21-9-7-6-8-10-21)24(20-13-11-17(2)12-14-20)30-27-28-18(3)15-19(4)29-27/h6-16,24H,5H2,1-4H3,(H,31,32)(H,28,29,30). The smallest absolute Gasteiger partial charge is 0.256 e. The maximum Gasteiger partial charge on any atom is 0.256 e. The van der Waals surface area contributed by atoms with Gasteiger partial charge in [0.05, 0.1) is 6.04 Å². The van der Waals surface area contributed by atoms with Gasteiger partial charge in [0.15, 0.2) is 0 Å². The molecule has 168 valence electrons. The predicted molar refractivity (Wildman–Crippen MR) is 136 cm³/mol. The molecule has 0 bridgehead atoms. The van der Waals surface area contributed by atoms with Crippen LogP contribution in [0.25, 0.3) is 0 Å². The Morgan fingerprint density at radius 3 is 2.24 bits per heavy atom. The van der Waals surface area contributed by atoms with Gasteiger partial charge in [-0.25, -0.2) is 9.97 Å². The summed E-state index contributed by atoms with van der Waals surface area (Å²) in [4.78, 5) is 23.4. The molecule has 2 aromatic heterocycles. The maximum atomic E-state index is 13.0. The van der Waals surface area contributed by atoms with E-state index >= 15 is 0 Å². The molecule has 0 saturated carbocycles. The predicted octanol–water partition coefficient (Wildman–Crippen LogP) is 6.48. The van der Waals surface area contributed by atoms with E-state index in [9.17, 15) is 4.79 Å². The number of carbonyl (C=O) groups is 1. The van der Waals surface area contributed by atoms with Crippen molar-refractivity contribution in [1.82, 2.24) is 9.97 Å². The van der Waals surface area contributed by atoms with Crippen molar-refractivity contribution < 1.29 is 4.79 Å². The van der Waals surface area contributed by atoms with Gasteiger partial charge in [-0.2, -0.15) is 0 Å². The molecule has 1 unspecified atom stereocenters. The Morgan fingerprint density at radius 1 is 0.939 bits per heavy atom. The number of anilines is 2. The minimum atomic E-state index is -0.213. The van der Waals surface area contributed by atoms with Crippen LogP contribution in [0, 0.1) is 20.8 Å². The molecule has 4 aromatic rings. The number of aryl methyl sites for hydroxylation is 4. The van der Waals surface area contributed by atoms with E-state index in [1.807, 2.05) is 50.2 Å². The van der Waals surface area contributed by atoms with Gasteiger partial charge < -0.3 is 10.6 Å². The second-order valence-electron chi connectivity index (χ2n) is 8.13. The molecule has 0 radical (unpaired) electrons. The molecule has 5 nitrogen and oxygen atoms in total. The highest BCUT2D eigenvalue weighted by molar-refractivity contribution is 7.16. The van der Waals surface area contributed by atoms with Crippen LogP contribution in [0.3, 0.4) is 0 Å². The van der Waals surface area contributed by atoms with Crippen molar-refractivity contribution in [3.05, 3.63) is 105 Å². The Kier molecular flexibility index (Phi) is 6.84. The summed E-state index contributed by atoms with van der Waals surface area (Å²) in [6, 6.07) is 21.6. The molecule has 33 heavy (non-hydrogen) atoms. The number of rotatable bonds is 7. The number of carbonyl (C=O) groups excluding carboxylic acids is 1. The van der Waals surface area contributed by atoms with Gasteiger partial charge in [-0.1, -0.05) is 55.0 Å². The molecule has 4 rings (SSSR count). The number of benzene rings is 2. The van der Waals surface area contributed by atoms with Gasteiger partial charge in [-0.05, 0) is 57.0 Å². The fraction of sp³-hybridized carbons (Fsp3) is 0.222. The molecule has 0 aliphatic rings. The number of aromatic nitrogens is 2. The summed E-state index contributed by atoms with van der Waals surface area (Å²) in [5.41, 5.74) is 5.73. The molecular formula is C27H28N4OS. The van der Waals surface area contributed by atoms with Crippen molar-refractivity contribution in [3.8, 4) is 0 Å². The van der Waals surface area contributed by atoms with Crippen molar-refractivity contribution in [2.75, 3.05) is 10.6 Å². The number of hydrogen-bond donors (Lipinski definition) is 2. The lowest BCUT2D eigenvalue weighted by Crippen LogP contribution is -2.18. The third kappa shape index (κ3) is 5.46. The minimum Gasteiger partial charge on any atom is -0.343 e. The van der Waals surface area contributed by atoms with Crippen molar-refractivity contribution in [3.63, 3.8) is 0 Å². The van der Waals surface area contributed by atoms with E-state index < -0.39 is 0 Å². The van der Waals surface area contributed by atoms with Crippen LogP contribution in [0.5, 0.6) is 0 Å². The molecule has 0 spiro atoms.